The van der Waals surface area contributed by atoms with E-state index in [1.165, 1.54) is 0 Å². The van der Waals surface area contributed by atoms with Crippen molar-refractivity contribution in [3.8, 4) is 0 Å². The third-order valence-corrected chi connectivity index (χ3v) is 3.86. The summed E-state index contributed by atoms with van der Waals surface area (Å²) in [6, 6.07) is 7.78. The van der Waals surface area contributed by atoms with Crippen LogP contribution < -0.4 is 5.32 Å². The molecule has 102 valence electrons. The monoisotopic (exact) mass is 285 g/mol. The number of amides is 1. The van der Waals surface area contributed by atoms with Crippen molar-refractivity contribution in [2.24, 2.45) is 0 Å². The van der Waals surface area contributed by atoms with E-state index in [0.717, 1.165) is 16.5 Å². The summed E-state index contributed by atoms with van der Waals surface area (Å²) in [5.41, 5.74) is 2.20. The van der Waals surface area contributed by atoms with Gasteiger partial charge in [-0.25, -0.2) is 0 Å². The van der Waals surface area contributed by atoms with E-state index in [4.69, 9.17) is 12.2 Å². The number of rotatable bonds is 4. The summed E-state index contributed by atoms with van der Waals surface area (Å²) in [5, 5.41) is 4.72. The first kappa shape index (κ1) is 12.9. The average molecular weight is 285 g/mol. The quantitative estimate of drug-likeness (QED) is 0.667. The maximum atomic E-state index is 12.3. The first-order valence-corrected chi connectivity index (χ1v) is 6.89. The van der Waals surface area contributed by atoms with Crippen LogP contribution in [0.5, 0.6) is 0 Å². The van der Waals surface area contributed by atoms with Crippen molar-refractivity contribution in [2.75, 3.05) is 6.54 Å². The molecule has 20 heavy (non-hydrogen) atoms. The Morgan fingerprint density at radius 2 is 2.20 bits per heavy atom. The number of H-pyrrole nitrogens is 1. The first-order valence-electron chi connectivity index (χ1n) is 6.48. The Labute approximate surface area is 122 Å². The van der Waals surface area contributed by atoms with E-state index < -0.39 is 0 Å². The zero-order chi connectivity index (χ0) is 14.1. The van der Waals surface area contributed by atoms with E-state index in [0.29, 0.717) is 18.1 Å². The molecule has 0 radical (unpaired) electrons. The number of benzene rings is 1. The summed E-state index contributed by atoms with van der Waals surface area (Å²) < 4.78 is 0. The highest BCUT2D eigenvalue weighted by molar-refractivity contribution is 7.80. The lowest BCUT2D eigenvalue weighted by molar-refractivity contribution is -0.126. The topological polar surface area (TPSA) is 48.1 Å². The predicted octanol–water partition coefficient (Wildman–Crippen LogP) is 1.98. The number of carbonyl (C=O) groups excluding carboxylic acids is 1. The van der Waals surface area contributed by atoms with Gasteiger partial charge >= 0.3 is 0 Å². The summed E-state index contributed by atoms with van der Waals surface area (Å²) in [5.74, 6) is 0.0141. The van der Waals surface area contributed by atoms with Crippen molar-refractivity contribution >= 4 is 34.1 Å². The number of fused-ring (bicyclic) bond motifs is 1. The molecule has 0 saturated carbocycles. The van der Waals surface area contributed by atoms with E-state index in [9.17, 15) is 4.79 Å². The van der Waals surface area contributed by atoms with Crippen molar-refractivity contribution in [1.29, 1.82) is 0 Å². The number of hydrogen-bond donors (Lipinski definition) is 2. The van der Waals surface area contributed by atoms with Gasteiger partial charge in [-0.2, -0.15) is 0 Å². The summed E-state index contributed by atoms with van der Waals surface area (Å²) in [6.45, 7) is 4.10. The van der Waals surface area contributed by atoms with Crippen LogP contribution in [0, 0.1) is 0 Å². The summed E-state index contributed by atoms with van der Waals surface area (Å²) in [4.78, 5) is 17.1. The fourth-order valence-electron chi connectivity index (χ4n) is 2.54. The summed E-state index contributed by atoms with van der Waals surface area (Å²) in [6.07, 6.45) is 4.26. The lowest BCUT2D eigenvalue weighted by Crippen LogP contribution is -2.32. The van der Waals surface area contributed by atoms with Gasteiger partial charge in [-0.3, -0.25) is 9.69 Å². The van der Waals surface area contributed by atoms with E-state index in [2.05, 4.69) is 22.9 Å². The Morgan fingerprint density at radius 3 is 3.00 bits per heavy atom. The number of nitrogens with one attached hydrogen (secondary N) is 2. The zero-order valence-electron chi connectivity index (χ0n) is 10.9. The number of nitrogens with zero attached hydrogens (tertiary/aromatic N) is 1. The number of carbonyl (C=O) groups is 1. The van der Waals surface area contributed by atoms with Crippen molar-refractivity contribution in [3.63, 3.8) is 0 Å². The largest absolute Gasteiger partial charge is 0.361 e. The number of thiocarbonyl (C=S) groups is 1. The van der Waals surface area contributed by atoms with Gasteiger partial charge in [-0.15, -0.1) is 6.58 Å². The van der Waals surface area contributed by atoms with Crippen molar-refractivity contribution in [2.45, 2.75) is 12.5 Å². The van der Waals surface area contributed by atoms with Gasteiger partial charge in [0.15, 0.2) is 5.11 Å². The SMILES string of the molecule is C=CCN1C(=O)[C@H](Cc2c[nH]c3ccccc23)NC1=S. The molecule has 5 heteroatoms. The predicted molar refractivity (Wildman–Crippen MR) is 83.4 cm³/mol. The van der Waals surface area contributed by atoms with E-state index >= 15 is 0 Å². The second-order valence-corrected chi connectivity index (χ2v) is 5.19. The third-order valence-electron chi connectivity index (χ3n) is 3.52. The Kier molecular flexibility index (Phi) is 3.28. The molecule has 1 amide bonds. The number of aromatic amines is 1. The minimum absolute atomic E-state index is 0.0141. The second kappa shape index (κ2) is 5.09. The molecular weight excluding hydrogens is 270 g/mol. The maximum Gasteiger partial charge on any atom is 0.251 e. The molecule has 2 heterocycles. The van der Waals surface area contributed by atoms with Crippen molar-refractivity contribution in [3.05, 3.63) is 48.7 Å². The lowest BCUT2D eigenvalue weighted by Gasteiger charge is -2.11. The molecule has 1 fully saturated rings. The standard InChI is InChI=1S/C15H15N3OS/c1-2-7-18-14(19)13(17-15(18)20)8-10-9-16-12-6-4-3-5-11(10)12/h2-6,9,13,16H,1,7-8H2,(H,17,20)/t13-/m0/s1. The van der Waals surface area contributed by atoms with Crippen molar-refractivity contribution in [1.82, 2.24) is 15.2 Å². The molecule has 3 rings (SSSR count). The molecule has 1 aromatic heterocycles. The highest BCUT2D eigenvalue weighted by Gasteiger charge is 2.34. The Morgan fingerprint density at radius 1 is 1.40 bits per heavy atom. The maximum absolute atomic E-state index is 12.3. The number of aromatic nitrogens is 1. The Hall–Kier alpha value is -2.14. The fraction of sp³-hybridized carbons (Fsp3) is 0.200. The highest BCUT2D eigenvalue weighted by Crippen LogP contribution is 2.21. The van der Waals surface area contributed by atoms with Crippen LogP contribution in [0.4, 0.5) is 0 Å². The van der Waals surface area contributed by atoms with E-state index in [1.807, 2.05) is 24.4 Å². The molecule has 1 aromatic carbocycles. The number of para-hydroxylation sites is 1. The van der Waals surface area contributed by atoms with Crippen LogP contribution in [0.25, 0.3) is 10.9 Å². The lowest BCUT2D eigenvalue weighted by atomic mass is 10.1. The molecule has 1 aliphatic rings. The van der Waals surface area contributed by atoms with E-state index in [-0.39, 0.29) is 11.9 Å². The molecule has 0 bridgehead atoms. The molecular formula is C15H15N3OS. The van der Waals surface area contributed by atoms with Gasteiger partial charge < -0.3 is 10.3 Å². The second-order valence-electron chi connectivity index (χ2n) is 4.80. The molecule has 0 unspecified atom stereocenters. The molecule has 1 saturated heterocycles. The van der Waals surface area contributed by atoms with Crippen LogP contribution in [0.1, 0.15) is 5.56 Å². The van der Waals surface area contributed by atoms with Crippen LogP contribution in [0.3, 0.4) is 0 Å². The third kappa shape index (κ3) is 2.10. The molecule has 0 aliphatic carbocycles. The average Bonchev–Trinajstić information content (AvgIpc) is 2.97. The smallest absolute Gasteiger partial charge is 0.251 e. The molecule has 1 atom stereocenters. The van der Waals surface area contributed by atoms with Crippen molar-refractivity contribution < 1.29 is 4.79 Å². The fourth-order valence-corrected chi connectivity index (χ4v) is 2.84. The molecule has 1 aliphatic heterocycles. The minimum Gasteiger partial charge on any atom is -0.361 e. The zero-order valence-corrected chi connectivity index (χ0v) is 11.7. The van der Waals surface area contributed by atoms with Crippen LogP contribution in [0.2, 0.25) is 0 Å². The normalized spacial score (nSPS) is 18.6. The van der Waals surface area contributed by atoms with Gasteiger partial charge in [-0.1, -0.05) is 24.3 Å². The van der Waals surface area contributed by atoms with Crippen LogP contribution in [-0.2, 0) is 11.2 Å². The van der Waals surface area contributed by atoms with Gasteiger partial charge in [-0.05, 0) is 23.8 Å². The van der Waals surface area contributed by atoms with Gasteiger partial charge in [0.25, 0.3) is 5.91 Å². The van der Waals surface area contributed by atoms with Gasteiger partial charge in [0.1, 0.15) is 6.04 Å². The first-order chi connectivity index (χ1) is 9.70. The molecule has 4 nitrogen and oxygen atoms in total. The van der Waals surface area contributed by atoms with Crippen LogP contribution in [0.15, 0.2) is 43.1 Å². The van der Waals surface area contributed by atoms with Gasteiger partial charge in [0.2, 0.25) is 0 Å². The summed E-state index contributed by atoms with van der Waals surface area (Å²) in [7, 11) is 0. The van der Waals surface area contributed by atoms with Gasteiger partial charge in [0, 0.05) is 30.1 Å². The molecule has 0 spiro atoms. The minimum atomic E-state index is -0.290. The van der Waals surface area contributed by atoms with Crippen LogP contribution >= 0.6 is 12.2 Å². The molecule has 2 aromatic rings. The Balaban J connectivity index is 1.83. The van der Waals surface area contributed by atoms with E-state index in [1.54, 1.807) is 11.0 Å². The van der Waals surface area contributed by atoms with Gasteiger partial charge in [0.05, 0.1) is 0 Å². The highest BCUT2D eigenvalue weighted by atomic mass is 32.1. The van der Waals surface area contributed by atoms with Crippen LogP contribution in [-0.4, -0.2) is 33.5 Å². The number of hydrogen-bond acceptors (Lipinski definition) is 2. The Bertz CT molecular complexity index is 691. The summed E-state index contributed by atoms with van der Waals surface area (Å²) >= 11 is 5.19. The molecule has 2 N–H and O–H groups in total.